The summed E-state index contributed by atoms with van der Waals surface area (Å²) in [4.78, 5) is 0. The lowest BCUT2D eigenvalue weighted by Crippen LogP contribution is -2.48. The summed E-state index contributed by atoms with van der Waals surface area (Å²) in [6, 6.07) is 0.0507. The zero-order valence-corrected chi connectivity index (χ0v) is 12.0. The van der Waals surface area contributed by atoms with E-state index in [4.69, 9.17) is 5.73 Å². The molecule has 0 amide bonds. The molecule has 0 spiro atoms. The van der Waals surface area contributed by atoms with Crippen molar-refractivity contribution in [2.75, 3.05) is 19.6 Å². The highest BCUT2D eigenvalue weighted by Crippen LogP contribution is 2.33. The van der Waals surface area contributed by atoms with Crippen LogP contribution >= 0.6 is 0 Å². The normalized spacial score (nSPS) is 25.2. The molecule has 1 saturated heterocycles. The first-order valence-electron chi connectivity index (χ1n) is 6.98. The number of hydrogen-bond acceptors (Lipinski definition) is 3. The topological polar surface area (TPSA) is 75.4 Å². The second-order valence-corrected chi connectivity index (χ2v) is 7.48. The van der Waals surface area contributed by atoms with E-state index >= 15 is 0 Å². The lowest BCUT2D eigenvalue weighted by molar-refractivity contribution is 0.274. The summed E-state index contributed by atoms with van der Waals surface area (Å²) < 4.78 is 28.7. The third-order valence-corrected chi connectivity index (χ3v) is 5.73. The van der Waals surface area contributed by atoms with Gasteiger partial charge in [-0.05, 0) is 44.6 Å². The van der Waals surface area contributed by atoms with Gasteiger partial charge in [0.25, 0.3) is 10.2 Å². The Hall–Kier alpha value is -0.170. The number of rotatable bonds is 6. The summed E-state index contributed by atoms with van der Waals surface area (Å²) in [5, 5.41) is 0. The summed E-state index contributed by atoms with van der Waals surface area (Å²) in [6.45, 7) is 3.84. The van der Waals surface area contributed by atoms with E-state index in [0.717, 1.165) is 25.2 Å². The van der Waals surface area contributed by atoms with Crippen LogP contribution in [0.1, 0.15) is 39.0 Å². The fraction of sp³-hybridized carbons (Fsp3) is 1.00. The quantitative estimate of drug-likeness (QED) is 0.748. The molecule has 1 aliphatic heterocycles. The third kappa shape index (κ3) is 3.91. The standard InChI is InChI=1S/C12H25N3O2S/c1-10(8-11-2-3-11)14-18(16,17)15-6-4-12(9-13)5-7-15/h10-12,14H,2-9,13H2,1H3. The molecule has 1 saturated carbocycles. The third-order valence-electron chi connectivity index (χ3n) is 3.98. The summed E-state index contributed by atoms with van der Waals surface area (Å²) >= 11 is 0. The van der Waals surface area contributed by atoms with Gasteiger partial charge >= 0.3 is 0 Å². The minimum atomic E-state index is -3.29. The smallest absolute Gasteiger partial charge is 0.279 e. The van der Waals surface area contributed by atoms with Crippen molar-refractivity contribution in [3.05, 3.63) is 0 Å². The molecule has 1 atom stereocenters. The fourth-order valence-corrected chi connectivity index (χ4v) is 4.06. The molecule has 6 heteroatoms. The molecule has 0 aromatic heterocycles. The molecule has 0 aromatic rings. The summed E-state index contributed by atoms with van der Waals surface area (Å²) in [7, 11) is -3.29. The van der Waals surface area contributed by atoms with E-state index in [1.807, 2.05) is 6.92 Å². The first-order chi connectivity index (χ1) is 8.51. The van der Waals surface area contributed by atoms with E-state index in [-0.39, 0.29) is 6.04 Å². The Kier molecular flexibility index (Phi) is 4.64. The fourth-order valence-electron chi connectivity index (χ4n) is 2.62. The van der Waals surface area contributed by atoms with E-state index in [9.17, 15) is 8.42 Å². The van der Waals surface area contributed by atoms with E-state index in [1.165, 1.54) is 12.8 Å². The number of nitrogens with one attached hydrogen (secondary N) is 1. The van der Waals surface area contributed by atoms with Gasteiger partial charge in [-0.25, -0.2) is 0 Å². The Morgan fingerprint density at radius 2 is 1.83 bits per heavy atom. The number of nitrogens with zero attached hydrogens (tertiary/aromatic N) is 1. The minimum absolute atomic E-state index is 0.0507. The predicted octanol–water partition coefficient (Wildman–Crippen LogP) is 0.680. The average molecular weight is 275 g/mol. The van der Waals surface area contributed by atoms with E-state index < -0.39 is 10.2 Å². The van der Waals surface area contributed by atoms with Crippen LogP contribution in [0.4, 0.5) is 0 Å². The first kappa shape index (κ1) is 14.2. The lowest BCUT2D eigenvalue weighted by atomic mass is 9.99. The maximum atomic E-state index is 12.2. The van der Waals surface area contributed by atoms with Gasteiger partial charge in [-0.3, -0.25) is 0 Å². The van der Waals surface area contributed by atoms with E-state index in [2.05, 4.69) is 4.72 Å². The van der Waals surface area contributed by atoms with Crippen molar-refractivity contribution in [1.29, 1.82) is 0 Å². The molecule has 2 fully saturated rings. The van der Waals surface area contributed by atoms with Crippen LogP contribution in [0.5, 0.6) is 0 Å². The molecule has 0 bridgehead atoms. The molecular weight excluding hydrogens is 250 g/mol. The maximum absolute atomic E-state index is 12.2. The highest BCUT2D eigenvalue weighted by Gasteiger charge is 2.30. The van der Waals surface area contributed by atoms with Crippen LogP contribution in [0.3, 0.4) is 0 Å². The molecular formula is C12H25N3O2S. The van der Waals surface area contributed by atoms with Crippen LogP contribution in [0.15, 0.2) is 0 Å². The van der Waals surface area contributed by atoms with Crippen LogP contribution in [0.2, 0.25) is 0 Å². The van der Waals surface area contributed by atoms with Crippen LogP contribution in [-0.4, -0.2) is 38.4 Å². The van der Waals surface area contributed by atoms with Crippen molar-refractivity contribution in [3.8, 4) is 0 Å². The molecule has 0 aromatic carbocycles. The Bertz CT molecular complexity index is 360. The Morgan fingerprint density at radius 3 is 2.33 bits per heavy atom. The second-order valence-electron chi connectivity index (χ2n) is 5.78. The molecule has 1 heterocycles. The zero-order chi connectivity index (χ0) is 13.2. The van der Waals surface area contributed by atoms with Crippen molar-refractivity contribution in [2.45, 2.75) is 45.1 Å². The Morgan fingerprint density at radius 1 is 1.22 bits per heavy atom. The highest BCUT2D eigenvalue weighted by molar-refractivity contribution is 7.87. The van der Waals surface area contributed by atoms with Gasteiger partial charge in [0.2, 0.25) is 0 Å². The lowest BCUT2D eigenvalue weighted by Gasteiger charge is -2.31. The highest BCUT2D eigenvalue weighted by atomic mass is 32.2. The van der Waals surface area contributed by atoms with Crippen LogP contribution in [-0.2, 0) is 10.2 Å². The molecule has 1 unspecified atom stereocenters. The number of piperidine rings is 1. The van der Waals surface area contributed by atoms with Gasteiger partial charge in [-0.2, -0.15) is 17.4 Å². The van der Waals surface area contributed by atoms with Crippen LogP contribution in [0, 0.1) is 11.8 Å². The van der Waals surface area contributed by atoms with E-state index in [0.29, 0.717) is 25.6 Å². The number of nitrogens with two attached hydrogens (primary N) is 1. The molecule has 5 nitrogen and oxygen atoms in total. The monoisotopic (exact) mass is 275 g/mol. The second kappa shape index (κ2) is 5.86. The van der Waals surface area contributed by atoms with Gasteiger partial charge < -0.3 is 5.73 Å². The van der Waals surface area contributed by atoms with Crippen molar-refractivity contribution < 1.29 is 8.42 Å². The minimum Gasteiger partial charge on any atom is -0.330 e. The Balaban J connectivity index is 1.82. The zero-order valence-electron chi connectivity index (χ0n) is 11.1. The maximum Gasteiger partial charge on any atom is 0.279 e. The molecule has 18 heavy (non-hydrogen) atoms. The molecule has 0 radical (unpaired) electrons. The van der Waals surface area contributed by atoms with Crippen molar-refractivity contribution >= 4 is 10.2 Å². The molecule has 2 aliphatic rings. The molecule has 2 rings (SSSR count). The SMILES string of the molecule is CC(CC1CC1)NS(=O)(=O)N1CCC(CN)CC1. The molecule has 106 valence electrons. The van der Waals surface area contributed by atoms with Gasteiger partial charge in [-0.1, -0.05) is 12.8 Å². The molecule has 3 N–H and O–H groups in total. The summed E-state index contributed by atoms with van der Waals surface area (Å²) in [5.74, 6) is 1.23. The Labute approximate surface area is 110 Å². The average Bonchev–Trinajstić information content (AvgIpc) is 3.12. The van der Waals surface area contributed by atoms with Crippen molar-refractivity contribution in [3.63, 3.8) is 0 Å². The molecule has 1 aliphatic carbocycles. The number of hydrogen-bond donors (Lipinski definition) is 2. The van der Waals surface area contributed by atoms with Crippen molar-refractivity contribution in [2.24, 2.45) is 17.6 Å². The van der Waals surface area contributed by atoms with Gasteiger partial charge in [0.15, 0.2) is 0 Å². The van der Waals surface area contributed by atoms with E-state index in [1.54, 1.807) is 4.31 Å². The van der Waals surface area contributed by atoms with Gasteiger partial charge in [-0.15, -0.1) is 0 Å². The predicted molar refractivity (Wildman–Crippen MR) is 72.2 cm³/mol. The van der Waals surface area contributed by atoms with Gasteiger partial charge in [0.05, 0.1) is 0 Å². The largest absolute Gasteiger partial charge is 0.330 e. The summed E-state index contributed by atoms with van der Waals surface area (Å²) in [6.07, 6.45) is 5.25. The van der Waals surface area contributed by atoms with Crippen molar-refractivity contribution in [1.82, 2.24) is 9.03 Å². The first-order valence-corrected chi connectivity index (χ1v) is 8.42. The summed E-state index contributed by atoms with van der Waals surface area (Å²) in [5.41, 5.74) is 5.62. The van der Waals surface area contributed by atoms with Gasteiger partial charge in [0, 0.05) is 19.1 Å². The van der Waals surface area contributed by atoms with Crippen LogP contribution in [0.25, 0.3) is 0 Å². The van der Waals surface area contributed by atoms with Gasteiger partial charge in [0.1, 0.15) is 0 Å². The van der Waals surface area contributed by atoms with Crippen LogP contribution < -0.4 is 10.5 Å².